The fraction of sp³-hybridized carbons (Fsp3) is 0.556. The van der Waals surface area contributed by atoms with Crippen molar-refractivity contribution < 1.29 is 14.3 Å². The average Bonchev–Trinajstić information content (AvgIpc) is 2.59. The standard InChI is InChI=1S/C9H14N2O4S/c1-5-7(16-9(13)11-5)8(12)10-4-6(14-2)15-3/h6H,4H2,1-3H3,(H,10,12)(H,11,13). The number of nitrogens with one attached hydrogen (secondary N) is 2. The van der Waals surface area contributed by atoms with Crippen LogP contribution in [0.15, 0.2) is 4.79 Å². The van der Waals surface area contributed by atoms with Gasteiger partial charge >= 0.3 is 4.87 Å². The number of aromatic nitrogens is 1. The maximum atomic E-state index is 11.6. The monoisotopic (exact) mass is 246 g/mol. The Balaban J connectivity index is 2.59. The lowest BCUT2D eigenvalue weighted by atomic mass is 10.4. The molecule has 7 heteroatoms. The fourth-order valence-electron chi connectivity index (χ4n) is 1.14. The van der Waals surface area contributed by atoms with E-state index in [1.54, 1.807) is 6.92 Å². The summed E-state index contributed by atoms with van der Waals surface area (Å²) in [5.41, 5.74) is 0.568. The summed E-state index contributed by atoms with van der Waals surface area (Å²) in [7, 11) is 2.97. The van der Waals surface area contributed by atoms with Crippen LogP contribution in [0.3, 0.4) is 0 Å². The van der Waals surface area contributed by atoms with Crippen LogP contribution in [0.25, 0.3) is 0 Å². The third kappa shape index (κ3) is 3.16. The van der Waals surface area contributed by atoms with Crippen molar-refractivity contribution in [3.05, 3.63) is 20.2 Å². The fourth-order valence-corrected chi connectivity index (χ4v) is 1.90. The second kappa shape index (κ2) is 5.78. The van der Waals surface area contributed by atoms with E-state index in [1.807, 2.05) is 0 Å². The lowest BCUT2D eigenvalue weighted by Crippen LogP contribution is -2.34. The topological polar surface area (TPSA) is 80.4 Å². The molecule has 1 amide bonds. The average molecular weight is 246 g/mol. The Morgan fingerprint density at radius 1 is 1.50 bits per heavy atom. The number of carbonyl (C=O) groups is 1. The molecule has 0 saturated heterocycles. The number of rotatable bonds is 5. The molecule has 90 valence electrons. The lowest BCUT2D eigenvalue weighted by Gasteiger charge is -2.13. The van der Waals surface area contributed by atoms with Gasteiger partial charge in [0.15, 0.2) is 6.29 Å². The second-order valence-electron chi connectivity index (χ2n) is 3.08. The highest BCUT2D eigenvalue weighted by Gasteiger charge is 2.14. The third-order valence-electron chi connectivity index (χ3n) is 1.99. The lowest BCUT2D eigenvalue weighted by molar-refractivity contribution is -0.0974. The number of hydrogen-bond donors (Lipinski definition) is 2. The normalized spacial score (nSPS) is 10.8. The van der Waals surface area contributed by atoms with E-state index in [-0.39, 0.29) is 17.3 Å². The van der Waals surface area contributed by atoms with Crippen LogP contribution < -0.4 is 10.2 Å². The first-order chi connectivity index (χ1) is 7.58. The first kappa shape index (κ1) is 12.9. The van der Waals surface area contributed by atoms with Gasteiger partial charge in [0, 0.05) is 19.9 Å². The maximum absolute atomic E-state index is 11.6. The van der Waals surface area contributed by atoms with Crippen molar-refractivity contribution in [1.29, 1.82) is 0 Å². The minimum absolute atomic E-state index is 0.233. The van der Waals surface area contributed by atoms with Gasteiger partial charge in [-0.25, -0.2) is 0 Å². The number of thiazole rings is 1. The molecule has 6 nitrogen and oxygen atoms in total. The van der Waals surface area contributed by atoms with Gasteiger partial charge < -0.3 is 19.8 Å². The van der Waals surface area contributed by atoms with Crippen molar-refractivity contribution in [2.45, 2.75) is 13.2 Å². The molecule has 0 fully saturated rings. The molecule has 1 heterocycles. The number of hydrogen-bond acceptors (Lipinski definition) is 5. The van der Waals surface area contributed by atoms with E-state index in [0.717, 1.165) is 11.3 Å². The molecule has 0 bridgehead atoms. The molecular weight excluding hydrogens is 232 g/mol. The molecule has 16 heavy (non-hydrogen) atoms. The molecule has 0 aliphatic heterocycles. The van der Waals surface area contributed by atoms with Crippen LogP contribution >= 0.6 is 11.3 Å². The zero-order valence-electron chi connectivity index (χ0n) is 9.33. The van der Waals surface area contributed by atoms with Gasteiger partial charge in [0.05, 0.1) is 6.54 Å². The van der Waals surface area contributed by atoms with Crippen LogP contribution in [0, 0.1) is 6.92 Å². The van der Waals surface area contributed by atoms with Crippen LogP contribution in [-0.2, 0) is 9.47 Å². The second-order valence-corrected chi connectivity index (χ2v) is 4.06. The zero-order valence-corrected chi connectivity index (χ0v) is 10.1. The first-order valence-electron chi connectivity index (χ1n) is 4.62. The Hall–Kier alpha value is -1.18. The summed E-state index contributed by atoms with van der Waals surface area (Å²) in [6.45, 7) is 1.91. The number of methoxy groups -OCH3 is 2. The molecule has 0 unspecified atom stereocenters. The van der Waals surface area contributed by atoms with Crippen LogP contribution in [-0.4, -0.2) is 37.9 Å². The summed E-state index contributed by atoms with van der Waals surface area (Å²) in [5, 5.41) is 2.62. The number of aryl methyl sites for hydroxylation is 1. The number of ether oxygens (including phenoxy) is 2. The van der Waals surface area contributed by atoms with Crippen molar-refractivity contribution in [3.63, 3.8) is 0 Å². The van der Waals surface area contributed by atoms with E-state index in [0.29, 0.717) is 10.6 Å². The predicted molar refractivity (Wildman–Crippen MR) is 59.8 cm³/mol. The van der Waals surface area contributed by atoms with Crippen molar-refractivity contribution in [2.75, 3.05) is 20.8 Å². The Morgan fingerprint density at radius 3 is 2.56 bits per heavy atom. The van der Waals surface area contributed by atoms with Gasteiger partial charge in [-0.3, -0.25) is 9.59 Å². The molecule has 1 aromatic rings. The Kier molecular flexibility index (Phi) is 4.66. The van der Waals surface area contributed by atoms with Gasteiger partial charge in [-0.05, 0) is 6.92 Å². The third-order valence-corrected chi connectivity index (χ3v) is 2.97. The Bertz CT molecular complexity index is 408. The summed E-state index contributed by atoms with van der Waals surface area (Å²) in [6, 6.07) is 0. The quantitative estimate of drug-likeness (QED) is 0.722. The molecule has 1 aromatic heterocycles. The molecule has 0 aromatic carbocycles. The number of carbonyl (C=O) groups excluding carboxylic acids is 1. The van der Waals surface area contributed by atoms with E-state index >= 15 is 0 Å². The largest absolute Gasteiger partial charge is 0.354 e. The highest BCUT2D eigenvalue weighted by atomic mass is 32.1. The maximum Gasteiger partial charge on any atom is 0.305 e. The van der Waals surface area contributed by atoms with Gasteiger partial charge in [-0.15, -0.1) is 0 Å². The van der Waals surface area contributed by atoms with Gasteiger partial charge in [0.25, 0.3) is 5.91 Å². The SMILES string of the molecule is COC(CNC(=O)c1sc(=O)[nH]c1C)OC. The van der Waals surface area contributed by atoms with Gasteiger partial charge in [0.2, 0.25) is 0 Å². The molecule has 0 saturated carbocycles. The number of amides is 1. The number of H-pyrrole nitrogens is 1. The van der Waals surface area contributed by atoms with Gasteiger partial charge in [0.1, 0.15) is 4.88 Å². The molecular formula is C9H14N2O4S. The highest BCUT2D eigenvalue weighted by molar-refractivity contribution is 7.11. The molecule has 0 aliphatic rings. The minimum Gasteiger partial charge on any atom is -0.354 e. The summed E-state index contributed by atoms with van der Waals surface area (Å²) in [6.07, 6.45) is -0.486. The summed E-state index contributed by atoms with van der Waals surface area (Å²) in [5.74, 6) is -0.306. The van der Waals surface area contributed by atoms with Crippen molar-refractivity contribution in [3.8, 4) is 0 Å². The molecule has 2 N–H and O–H groups in total. The summed E-state index contributed by atoms with van der Waals surface area (Å²) < 4.78 is 9.84. The van der Waals surface area contributed by atoms with Gasteiger partial charge in [-0.1, -0.05) is 11.3 Å². The zero-order chi connectivity index (χ0) is 12.1. The predicted octanol–water partition coefficient (Wildman–Crippen LogP) is 0.0935. The van der Waals surface area contributed by atoms with Crippen molar-refractivity contribution >= 4 is 17.2 Å². The van der Waals surface area contributed by atoms with E-state index in [4.69, 9.17) is 9.47 Å². The van der Waals surface area contributed by atoms with Crippen LogP contribution in [0.1, 0.15) is 15.4 Å². The van der Waals surface area contributed by atoms with Crippen LogP contribution in [0.5, 0.6) is 0 Å². The van der Waals surface area contributed by atoms with Crippen LogP contribution in [0.2, 0.25) is 0 Å². The molecule has 0 aliphatic carbocycles. The van der Waals surface area contributed by atoms with E-state index < -0.39 is 6.29 Å². The highest BCUT2D eigenvalue weighted by Crippen LogP contribution is 2.07. The summed E-state index contributed by atoms with van der Waals surface area (Å²) >= 11 is 0.885. The Labute approximate surface area is 96.6 Å². The van der Waals surface area contributed by atoms with E-state index in [1.165, 1.54) is 14.2 Å². The van der Waals surface area contributed by atoms with E-state index in [2.05, 4.69) is 10.3 Å². The molecule has 0 spiro atoms. The molecule has 0 radical (unpaired) electrons. The van der Waals surface area contributed by atoms with E-state index in [9.17, 15) is 9.59 Å². The van der Waals surface area contributed by atoms with Crippen LogP contribution in [0.4, 0.5) is 0 Å². The molecule has 0 atom stereocenters. The molecule has 1 rings (SSSR count). The minimum atomic E-state index is -0.486. The van der Waals surface area contributed by atoms with Crippen molar-refractivity contribution in [1.82, 2.24) is 10.3 Å². The van der Waals surface area contributed by atoms with Gasteiger partial charge in [-0.2, -0.15) is 0 Å². The number of aromatic amines is 1. The smallest absolute Gasteiger partial charge is 0.305 e. The Morgan fingerprint density at radius 2 is 2.12 bits per heavy atom. The summed E-state index contributed by atoms with van der Waals surface area (Å²) in [4.78, 5) is 25.3. The van der Waals surface area contributed by atoms with Crippen molar-refractivity contribution in [2.24, 2.45) is 0 Å². The first-order valence-corrected chi connectivity index (χ1v) is 5.43.